The molecule has 3 amide bonds. The van der Waals surface area contributed by atoms with Gasteiger partial charge in [-0.3, -0.25) is 19.2 Å². The molecule has 0 saturated heterocycles. The molecule has 12 heteroatoms. The molecule has 5 atom stereocenters. The molecule has 5 unspecified atom stereocenters. The van der Waals surface area contributed by atoms with Crippen molar-refractivity contribution in [1.82, 2.24) is 16.0 Å². The van der Waals surface area contributed by atoms with Gasteiger partial charge >= 0.3 is 11.9 Å². The molecule has 9 N–H and O–H groups in total. The van der Waals surface area contributed by atoms with Crippen molar-refractivity contribution in [2.45, 2.75) is 84.0 Å². The van der Waals surface area contributed by atoms with Crippen molar-refractivity contribution in [3.63, 3.8) is 0 Å². The highest BCUT2D eigenvalue weighted by atomic mass is 16.4. The van der Waals surface area contributed by atoms with Crippen LogP contribution < -0.4 is 27.4 Å². The maximum Gasteiger partial charge on any atom is 0.326 e. The van der Waals surface area contributed by atoms with Gasteiger partial charge in [0.1, 0.15) is 18.1 Å². The Morgan fingerprint density at radius 1 is 0.848 bits per heavy atom. The molecular weight excluding hydrogens is 434 g/mol. The van der Waals surface area contributed by atoms with Crippen molar-refractivity contribution in [2.24, 2.45) is 23.3 Å². The quantitative estimate of drug-likeness (QED) is 0.139. The van der Waals surface area contributed by atoms with Crippen molar-refractivity contribution in [1.29, 1.82) is 0 Å². The Morgan fingerprint density at radius 3 is 1.85 bits per heavy atom. The highest BCUT2D eigenvalue weighted by molar-refractivity contribution is 5.95. The second-order valence-corrected chi connectivity index (χ2v) is 8.49. The molecule has 33 heavy (non-hydrogen) atoms. The van der Waals surface area contributed by atoms with Gasteiger partial charge < -0.3 is 37.6 Å². The monoisotopic (exact) mass is 473 g/mol. The fraction of sp³-hybridized carbons (Fsp3) is 0.762. The molecule has 190 valence electrons. The normalized spacial score (nSPS) is 15.6. The minimum absolute atomic E-state index is 0.200. The number of nitrogens with one attached hydrogen (secondary N) is 3. The van der Waals surface area contributed by atoms with Gasteiger partial charge in [0.25, 0.3) is 0 Å². The molecule has 0 aliphatic rings. The smallest absolute Gasteiger partial charge is 0.326 e. The van der Waals surface area contributed by atoms with Gasteiger partial charge in [-0.2, -0.15) is 0 Å². The van der Waals surface area contributed by atoms with E-state index in [1.165, 1.54) is 0 Å². The third-order valence-electron chi connectivity index (χ3n) is 5.33. The largest absolute Gasteiger partial charge is 0.481 e. The third kappa shape index (κ3) is 11.1. The van der Waals surface area contributed by atoms with E-state index in [2.05, 4.69) is 16.0 Å². The standard InChI is InChI=1S/C21H39N5O7/c1-5-12(4)17(20(31)24-14(21(32)33)8-6-7-9-22)26-19(30)16(11(2)3)25-18(29)13(23)10-15(27)28/h11-14,16-17H,5-10,22-23H2,1-4H3,(H,24,31)(H,25,29)(H,26,30)(H,27,28)(H,32,33). The summed E-state index contributed by atoms with van der Waals surface area (Å²) in [5.41, 5.74) is 11.0. The molecule has 0 aromatic carbocycles. The first-order chi connectivity index (χ1) is 15.3. The predicted octanol–water partition coefficient (Wildman–Crippen LogP) is -0.841. The van der Waals surface area contributed by atoms with Crippen LogP contribution >= 0.6 is 0 Å². The summed E-state index contributed by atoms with van der Waals surface area (Å²) in [7, 11) is 0. The van der Waals surface area contributed by atoms with E-state index in [1.807, 2.05) is 6.92 Å². The second kappa shape index (κ2) is 15.2. The van der Waals surface area contributed by atoms with Crippen LogP contribution in [0.15, 0.2) is 0 Å². The number of carbonyl (C=O) groups excluding carboxylic acids is 3. The number of hydrogen-bond acceptors (Lipinski definition) is 7. The molecule has 0 fully saturated rings. The van der Waals surface area contributed by atoms with Gasteiger partial charge in [0.2, 0.25) is 17.7 Å². The van der Waals surface area contributed by atoms with Crippen LogP contribution in [0, 0.1) is 11.8 Å². The first-order valence-electron chi connectivity index (χ1n) is 11.2. The van der Waals surface area contributed by atoms with E-state index in [-0.39, 0.29) is 12.3 Å². The van der Waals surface area contributed by atoms with Crippen LogP contribution in [-0.2, 0) is 24.0 Å². The molecule has 0 aliphatic heterocycles. The summed E-state index contributed by atoms with van der Waals surface area (Å²) in [6, 6.07) is -4.57. The molecule has 0 spiro atoms. The Morgan fingerprint density at radius 2 is 1.39 bits per heavy atom. The zero-order valence-electron chi connectivity index (χ0n) is 19.8. The number of hydrogen-bond donors (Lipinski definition) is 7. The zero-order chi connectivity index (χ0) is 25.7. The van der Waals surface area contributed by atoms with E-state index in [0.29, 0.717) is 25.8 Å². The maximum atomic E-state index is 12.9. The molecule has 0 radical (unpaired) electrons. The maximum absolute atomic E-state index is 12.9. The van der Waals surface area contributed by atoms with Gasteiger partial charge in [-0.05, 0) is 37.6 Å². The second-order valence-electron chi connectivity index (χ2n) is 8.49. The molecule has 0 heterocycles. The first kappa shape index (κ1) is 30.3. The molecule has 12 nitrogen and oxygen atoms in total. The van der Waals surface area contributed by atoms with Crippen molar-refractivity contribution in [3.05, 3.63) is 0 Å². The summed E-state index contributed by atoms with van der Waals surface area (Å²) in [5.74, 6) is -5.27. The number of carboxylic acid groups (broad SMARTS) is 2. The number of carboxylic acids is 2. The van der Waals surface area contributed by atoms with Crippen LogP contribution in [0.4, 0.5) is 0 Å². The van der Waals surface area contributed by atoms with Crippen LogP contribution in [-0.4, -0.2) is 70.6 Å². The highest BCUT2D eigenvalue weighted by Gasteiger charge is 2.33. The van der Waals surface area contributed by atoms with Gasteiger partial charge in [0, 0.05) is 0 Å². The Kier molecular flexibility index (Phi) is 13.9. The lowest BCUT2D eigenvalue weighted by atomic mass is 9.95. The van der Waals surface area contributed by atoms with E-state index in [9.17, 15) is 29.1 Å². The summed E-state index contributed by atoms with van der Waals surface area (Å²) in [6.07, 6.45) is 1.26. The lowest BCUT2D eigenvalue weighted by Gasteiger charge is -2.29. The molecule has 0 rings (SSSR count). The zero-order valence-corrected chi connectivity index (χ0v) is 19.8. The van der Waals surface area contributed by atoms with Crippen molar-refractivity contribution in [2.75, 3.05) is 6.54 Å². The van der Waals surface area contributed by atoms with Gasteiger partial charge in [-0.1, -0.05) is 34.1 Å². The van der Waals surface area contributed by atoms with Crippen LogP contribution in [0.3, 0.4) is 0 Å². The van der Waals surface area contributed by atoms with E-state index < -0.39 is 66.2 Å². The van der Waals surface area contributed by atoms with Gasteiger partial charge in [-0.25, -0.2) is 4.79 Å². The Hall–Kier alpha value is -2.73. The number of aliphatic carboxylic acids is 2. The lowest BCUT2D eigenvalue weighted by Crippen LogP contribution is -2.59. The number of nitrogens with two attached hydrogens (primary N) is 2. The van der Waals surface area contributed by atoms with Crippen LogP contribution in [0.1, 0.15) is 59.8 Å². The summed E-state index contributed by atoms with van der Waals surface area (Å²) in [4.78, 5) is 60.4. The number of amides is 3. The van der Waals surface area contributed by atoms with Crippen molar-refractivity contribution >= 4 is 29.7 Å². The minimum atomic E-state index is -1.34. The number of unbranched alkanes of at least 4 members (excludes halogenated alkanes) is 1. The fourth-order valence-electron chi connectivity index (χ4n) is 3.03. The van der Waals surface area contributed by atoms with E-state index in [1.54, 1.807) is 20.8 Å². The first-order valence-corrected chi connectivity index (χ1v) is 11.2. The Labute approximate surface area is 194 Å². The van der Waals surface area contributed by atoms with E-state index >= 15 is 0 Å². The van der Waals surface area contributed by atoms with Crippen LogP contribution in [0.25, 0.3) is 0 Å². The summed E-state index contributed by atoms with van der Waals surface area (Å²) in [5, 5.41) is 25.7. The summed E-state index contributed by atoms with van der Waals surface area (Å²) >= 11 is 0. The SMILES string of the molecule is CCC(C)C(NC(=O)C(NC(=O)C(N)CC(=O)O)C(C)C)C(=O)NC(CCCCN)C(=O)O. The predicted molar refractivity (Wildman–Crippen MR) is 121 cm³/mol. The van der Waals surface area contributed by atoms with Crippen LogP contribution in [0.5, 0.6) is 0 Å². The number of carbonyl (C=O) groups is 5. The van der Waals surface area contributed by atoms with E-state index in [0.717, 1.165) is 0 Å². The fourth-order valence-corrected chi connectivity index (χ4v) is 3.03. The summed E-state index contributed by atoms with van der Waals surface area (Å²) < 4.78 is 0. The molecule has 0 aromatic heterocycles. The Balaban J connectivity index is 5.44. The Bertz CT molecular complexity index is 686. The van der Waals surface area contributed by atoms with Crippen LogP contribution in [0.2, 0.25) is 0 Å². The molecule has 0 aliphatic carbocycles. The topological polar surface area (TPSA) is 214 Å². The number of rotatable bonds is 16. The average molecular weight is 474 g/mol. The highest BCUT2D eigenvalue weighted by Crippen LogP contribution is 2.12. The molecule has 0 aromatic rings. The summed E-state index contributed by atoms with van der Waals surface area (Å²) in [6.45, 7) is 7.30. The molecule has 0 saturated carbocycles. The molecular formula is C21H39N5O7. The molecule has 0 bridgehead atoms. The third-order valence-corrected chi connectivity index (χ3v) is 5.33. The van der Waals surface area contributed by atoms with Gasteiger partial charge in [0.05, 0.1) is 12.5 Å². The van der Waals surface area contributed by atoms with Gasteiger partial charge in [0.15, 0.2) is 0 Å². The average Bonchev–Trinajstić information content (AvgIpc) is 2.73. The van der Waals surface area contributed by atoms with E-state index in [4.69, 9.17) is 16.6 Å². The minimum Gasteiger partial charge on any atom is -0.481 e. The van der Waals surface area contributed by atoms with Gasteiger partial charge in [-0.15, -0.1) is 0 Å². The van der Waals surface area contributed by atoms with Crippen molar-refractivity contribution < 1.29 is 34.2 Å². The lowest BCUT2D eigenvalue weighted by molar-refractivity contribution is -0.143. The van der Waals surface area contributed by atoms with Crippen molar-refractivity contribution in [3.8, 4) is 0 Å².